The number of rotatable bonds is 0. The predicted molar refractivity (Wildman–Crippen MR) is 59.6 cm³/mol. The lowest BCUT2D eigenvalue weighted by atomic mass is 9.77. The van der Waals surface area contributed by atoms with Crippen LogP contribution < -0.4 is 5.32 Å². The molecule has 3 atom stereocenters. The fourth-order valence-electron chi connectivity index (χ4n) is 3.05. The molecule has 1 fully saturated rings. The van der Waals surface area contributed by atoms with E-state index < -0.39 is 0 Å². The van der Waals surface area contributed by atoms with Crippen molar-refractivity contribution in [1.29, 1.82) is 0 Å². The summed E-state index contributed by atoms with van der Waals surface area (Å²) in [6, 6.07) is 9.54. The smallest absolute Gasteiger partial charge is 0.0378 e. The van der Waals surface area contributed by atoms with Gasteiger partial charge in [0.2, 0.25) is 0 Å². The zero-order valence-electron chi connectivity index (χ0n) is 8.66. The highest BCUT2D eigenvalue weighted by Gasteiger charge is 2.35. The Bertz CT molecular complexity index is 345. The maximum atomic E-state index is 3.66. The van der Waals surface area contributed by atoms with Gasteiger partial charge in [0.25, 0.3) is 0 Å². The molecule has 0 saturated heterocycles. The van der Waals surface area contributed by atoms with Crippen molar-refractivity contribution in [1.82, 2.24) is 0 Å². The number of fused-ring (bicyclic) bond motifs is 3. The summed E-state index contributed by atoms with van der Waals surface area (Å²) >= 11 is 0. The summed E-state index contributed by atoms with van der Waals surface area (Å²) in [7, 11) is 0. The van der Waals surface area contributed by atoms with Crippen molar-refractivity contribution in [3.05, 3.63) is 29.8 Å². The van der Waals surface area contributed by atoms with E-state index in [4.69, 9.17) is 0 Å². The molecular formula is C13H17N. The van der Waals surface area contributed by atoms with Crippen molar-refractivity contribution in [3.63, 3.8) is 0 Å². The highest BCUT2D eigenvalue weighted by atomic mass is 15.0. The lowest BCUT2D eigenvalue weighted by Crippen LogP contribution is -2.27. The minimum atomic E-state index is 0.726. The standard InChI is InChI=1S/C13H17N/c1-9-6-7-13-11(8-9)10-4-2-3-5-12(10)14-13/h2-5,9,11,13-14H,6-8H2,1H3/t9-,11+,13+/m1/s1. The van der Waals surface area contributed by atoms with Crippen LogP contribution in [0.3, 0.4) is 0 Å². The SMILES string of the molecule is C[C@@H]1CC[C@@H]2Nc3ccccc3[C@@H]2C1. The lowest BCUT2D eigenvalue weighted by molar-refractivity contribution is 0.331. The summed E-state index contributed by atoms with van der Waals surface area (Å²) < 4.78 is 0. The van der Waals surface area contributed by atoms with Gasteiger partial charge < -0.3 is 5.32 Å². The molecule has 1 heterocycles. The van der Waals surface area contributed by atoms with E-state index in [0.29, 0.717) is 0 Å². The molecule has 1 aromatic carbocycles. The Kier molecular flexibility index (Phi) is 1.79. The van der Waals surface area contributed by atoms with Crippen molar-refractivity contribution >= 4 is 5.69 Å². The summed E-state index contributed by atoms with van der Waals surface area (Å²) in [6.45, 7) is 2.39. The predicted octanol–water partition coefficient (Wildman–Crippen LogP) is 3.38. The van der Waals surface area contributed by atoms with Crippen LogP contribution in [0.4, 0.5) is 5.69 Å². The average molecular weight is 187 g/mol. The minimum Gasteiger partial charge on any atom is -0.381 e. The van der Waals surface area contributed by atoms with E-state index in [1.54, 1.807) is 5.56 Å². The molecule has 1 aromatic rings. The van der Waals surface area contributed by atoms with E-state index in [9.17, 15) is 0 Å². The van der Waals surface area contributed by atoms with Crippen LogP contribution in [0.5, 0.6) is 0 Å². The maximum Gasteiger partial charge on any atom is 0.0378 e. The molecule has 1 aliphatic carbocycles. The van der Waals surface area contributed by atoms with Crippen molar-refractivity contribution in [2.45, 2.75) is 38.1 Å². The number of para-hydroxylation sites is 1. The first kappa shape index (κ1) is 8.34. The minimum absolute atomic E-state index is 0.726. The second kappa shape index (κ2) is 3.01. The Hall–Kier alpha value is -0.980. The van der Waals surface area contributed by atoms with Crippen LogP contribution in [0.25, 0.3) is 0 Å². The molecule has 74 valence electrons. The average Bonchev–Trinajstić information content (AvgIpc) is 2.56. The zero-order valence-corrected chi connectivity index (χ0v) is 8.66. The van der Waals surface area contributed by atoms with Crippen LogP contribution in [-0.2, 0) is 0 Å². The fourth-order valence-corrected chi connectivity index (χ4v) is 3.05. The van der Waals surface area contributed by atoms with E-state index >= 15 is 0 Å². The van der Waals surface area contributed by atoms with Gasteiger partial charge in [0.05, 0.1) is 0 Å². The molecule has 0 spiro atoms. The monoisotopic (exact) mass is 187 g/mol. The van der Waals surface area contributed by atoms with Crippen molar-refractivity contribution in [2.75, 3.05) is 5.32 Å². The van der Waals surface area contributed by atoms with Crippen molar-refractivity contribution < 1.29 is 0 Å². The molecule has 0 amide bonds. The van der Waals surface area contributed by atoms with Gasteiger partial charge in [-0.05, 0) is 36.8 Å². The first-order chi connectivity index (χ1) is 6.84. The summed E-state index contributed by atoms with van der Waals surface area (Å²) in [5.41, 5.74) is 2.95. The van der Waals surface area contributed by atoms with Crippen LogP contribution >= 0.6 is 0 Å². The summed E-state index contributed by atoms with van der Waals surface area (Å²) in [4.78, 5) is 0. The van der Waals surface area contributed by atoms with E-state index in [0.717, 1.165) is 17.9 Å². The van der Waals surface area contributed by atoms with Gasteiger partial charge in [-0.1, -0.05) is 25.1 Å². The lowest BCUT2D eigenvalue weighted by Gasteiger charge is -2.29. The molecule has 14 heavy (non-hydrogen) atoms. The second-order valence-corrected chi connectivity index (χ2v) is 4.86. The summed E-state index contributed by atoms with van der Waals surface area (Å²) in [5, 5.41) is 3.66. The van der Waals surface area contributed by atoms with E-state index in [2.05, 4.69) is 36.5 Å². The number of benzene rings is 1. The van der Waals surface area contributed by atoms with Gasteiger partial charge in [-0.3, -0.25) is 0 Å². The molecule has 1 saturated carbocycles. The van der Waals surface area contributed by atoms with Gasteiger partial charge in [-0.25, -0.2) is 0 Å². The van der Waals surface area contributed by atoms with Crippen molar-refractivity contribution in [2.24, 2.45) is 5.92 Å². The van der Waals surface area contributed by atoms with Gasteiger partial charge in [-0.15, -0.1) is 0 Å². The first-order valence-corrected chi connectivity index (χ1v) is 5.70. The Balaban J connectivity index is 1.97. The number of anilines is 1. The van der Waals surface area contributed by atoms with Gasteiger partial charge in [0.1, 0.15) is 0 Å². The third kappa shape index (κ3) is 1.15. The summed E-state index contributed by atoms with van der Waals surface area (Å²) in [6.07, 6.45) is 4.11. The Morgan fingerprint density at radius 1 is 1.21 bits per heavy atom. The topological polar surface area (TPSA) is 12.0 Å². The zero-order chi connectivity index (χ0) is 9.54. The van der Waals surface area contributed by atoms with Crippen LogP contribution in [0, 0.1) is 5.92 Å². The van der Waals surface area contributed by atoms with Crippen LogP contribution in [0.15, 0.2) is 24.3 Å². The van der Waals surface area contributed by atoms with Gasteiger partial charge in [0.15, 0.2) is 0 Å². The first-order valence-electron chi connectivity index (χ1n) is 5.70. The van der Waals surface area contributed by atoms with Crippen LogP contribution in [0.2, 0.25) is 0 Å². The maximum absolute atomic E-state index is 3.66. The summed E-state index contributed by atoms with van der Waals surface area (Å²) in [5.74, 6) is 1.69. The van der Waals surface area contributed by atoms with Crippen molar-refractivity contribution in [3.8, 4) is 0 Å². The van der Waals surface area contributed by atoms with Gasteiger partial charge in [-0.2, -0.15) is 0 Å². The third-order valence-corrected chi connectivity index (χ3v) is 3.81. The van der Waals surface area contributed by atoms with Gasteiger partial charge in [0, 0.05) is 17.6 Å². The molecule has 0 bridgehead atoms. The van der Waals surface area contributed by atoms with Crippen LogP contribution in [-0.4, -0.2) is 6.04 Å². The largest absolute Gasteiger partial charge is 0.381 e. The quantitative estimate of drug-likeness (QED) is 0.656. The van der Waals surface area contributed by atoms with Crippen LogP contribution in [0.1, 0.15) is 37.7 Å². The molecule has 0 aromatic heterocycles. The Morgan fingerprint density at radius 2 is 2.07 bits per heavy atom. The van der Waals surface area contributed by atoms with E-state index in [1.807, 2.05) is 0 Å². The highest BCUT2D eigenvalue weighted by molar-refractivity contribution is 5.59. The number of nitrogens with one attached hydrogen (secondary N) is 1. The molecule has 1 aliphatic heterocycles. The normalized spacial score (nSPS) is 34.5. The number of hydrogen-bond donors (Lipinski definition) is 1. The Morgan fingerprint density at radius 3 is 3.00 bits per heavy atom. The number of hydrogen-bond acceptors (Lipinski definition) is 1. The molecule has 1 heteroatoms. The third-order valence-electron chi connectivity index (χ3n) is 3.81. The Labute approximate surface area is 85.5 Å². The molecule has 2 aliphatic rings. The van der Waals surface area contributed by atoms with Gasteiger partial charge >= 0.3 is 0 Å². The fraction of sp³-hybridized carbons (Fsp3) is 0.538. The molecule has 0 unspecified atom stereocenters. The molecular weight excluding hydrogens is 170 g/mol. The van der Waals surface area contributed by atoms with E-state index in [-0.39, 0.29) is 0 Å². The second-order valence-electron chi connectivity index (χ2n) is 4.86. The molecule has 0 radical (unpaired) electrons. The highest BCUT2D eigenvalue weighted by Crippen LogP contribution is 2.45. The molecule has 1 N–H and O–H groups in total. The molecule has 3 rings (SSSR count). The van der Waals surface area contributed by atoms with E-state index in [1.165, 1.54) is 24.9 Å². The molecule has 1 nitrogen and oxygen atoms in total.